The van der Waals surface area contributed by atoms with Crippen molar-refractivity contribution in [2.24, 2.45) is 0 Å². The quantitative estimate of drug-likeness (QED) is 0.688. The highest BCUT2D eigenvalue weighted by molar-refractivity contribution is 5.91. The summed E-state index contributed by atoms with van der Waals surface area (Å²) in [5, 5.41) is 0.491. The number of halogens is 3. The third-order valence-corrected chi connectivity index (χ3v) is 5.04. The number of rotatable bonds is 3. The van der Waals surface area contributed by atoms with Crippen molar-refractivity contribution in [1.82, 2.24) is 9.55 Å². The van der Waals surface area contributed by atoms with Gasteiger partial charge in [-0.05, 0) is 36.8 Å². The van der Waals surface area contributed by atoms with Crippen LogP contribution in [0.1, 0.15) is 11.1 Å². The van der Waals surface area contributed by atoms with Gasteiger partial charge in [-0.1, -0.05) is 18.2 Å². The minimum atomic E-state index is -4.51. The third-order valence-electron chi connectivity index (χ3n) is 5.04. The van der Waals surface area contributed by atoms with E-state index in [1.54, 1.807) is 38.3 Å². The molecule has 146 valence electrons. The van der Waals surface area contributed by atoms with Crippen molar-refractivity contribution in [2.75, 3.05) is 25.1 Å². The monoisotopic (exact) mass is 389 g/mol. The molecule has 0 amide bonds. The van der Waals surface area contributed by atoms with Gasteiger partial charge in [0, 0.05) is 25.6 Å². The highest BCUT2D eigenvalue weighted by atomic mass is 19.4. The molecule has 1 saturated heterocycles. The molecule has 5 nitrogen and oxygen atoms in total. The lowest BCUT2D eigenvalue weighted by atomic mass is 10.1. The van der Waals surface area contributed by atoms with Crippen LogP contribution in [-0.4, -0.2) is 35.9 Å². The molecular weight excluding hydrogens is 371 g/mol. The van der Waals surface area contributed by atoms with E-state index in [0.717, 1.165) is 17.7 Å². The van der Waals surface area contributed by atoms with Gasteiger partial charge in [0.2, 0.25) is 0 Å². The Labute approximate surface area is 159 Å². The SMILES string of the molecule is COC1CN(c2nc(=O)n(-c3ccccc3C)c3cc(C(F)(F)F)ccc23)C1. The van der Waals surface area contributed by atoms with Gasteiger partial charge in [-0.3, -0.25) is 4.57 Å². The molecule has 8 heteroatoms. The Bertz CT molecular complexity index is 1100. The van der Waals surface area contributed by atoms with E-state index in [1.807, 2.05) is 4.90 Å². The zero-order chi connectivity index (χ0) is 20.1. The van der Waals surface area contributed by atoms with E-state index in [2.05, 4.69) is 4.98 Å². The topological polar surface area (TPSA) is 47.4 Å². The predicted molar refractivity (Wildman–Crippen MR) is 100 cm³/mol. The summed E-state index contributed by atoms with van der Waals surface area (Å²) in [6.45, 7) is 2.87. The third kappa shape index (κ3) is 3.03. The summed E-state index contributed by atoms with van der Waals surface area (Å²) >= 11 is 0. The molecule has 3 aromatic rings. The number of aryl methyl sites for hydroxylation is 1. The molecule has 0 radical (unpaired) electrons. The van der Waals surface area contributed by atoms with Crippen molar-refractivity contribution in [2.45, 2.75) is 19.2 Å². The number of fused-ring (bicyclic) bond motifs is 1. The minimum Gasteiger partial charge on any atom is -0.378 e. The Morgan fingerprint density at radius 2 is 1.86 bits per heavy atom. The Kier molecular flexibility index (Phi) is 4.38. The van der Waals surface area contributed by atoms with Crippen LogP contribution in [0, 0.1) is 6.92 Å². The van der Waals surface area contributed by atoms with Crippen LogP contribution >= 0.6 is 0 Å². The Hall–Kier alpha value is -2.87. The maximum absolute atomic E-state index is 13.3. The number of para-hydroxylation sites is 1. The second kappa shape index (κ2) is 6.63. The molecule has 0 atom stereocenters. The first-order valence-corrected chi connectivity index (χ1v) is 8.77. The normalized spacial score (nSPS) is 15.1. The van der Waals surface area contributed by atoms with Crippen LogP contribution in [0.4, 0.5) is 19.0 Å². The van der Waals surface area contributed by atoms with E-state index in [9.17, 15) is 18.0 Å². The van der Waals surface area contributed by atoms with Gasteiger partial charge in [0.25, 0.3) is 0 Å². The van der Waals surface area contributed by atoms with Crippen LogP contribution in [0.15, 0.2) is 47.3 Å². The molecule has 0 aliphatic carbocycles. The van der Waals surface area contributed by atoms with Crippen molar-refractivity contribution in [3.8, 4) is 5.69 Å². The summed E-state index contributed by atoms with van der Waals surface area (Å²) in [6.07, 6.45) is -4.49. The van der Waals surface area contributed by atoms with Gasteiger partial charge < -0.3 is 9.64 Å². The molecule has 0 saturated carbocycles. The van der Waals surface area contributed by atoms with Crippen LogP contribution in [0.3, 0.4) is 0 Å². The van der Waals surface area contributed by atoms with Gasteiger partial charge in [0.05, 0.1) is 22.9 Å². The van der Waals surface area contributed by atoms with Crippen LogP contribution in [0.2, 0.25) is 0 Å². The lowest BCUT2D eigenvalue weighted by molar-refractivity contribution is -0.137. The lowest BCUT2D eigenvalue weighted by Crippen LogP contribution is -2.52. The van der Waals surface area contributed by atoms with Crippen molar-refractivity contribution in [1.29, 1.82) is 0 Å². The molecule has 4 rings (SSSR count). The minimum absolute atomic E-state index is 0.0186. The largest absolute Gasteiger partial charge is 0.416 e. The fourth-order valence-corrected chi connectivity index (χ4v) is 3.43. The maximum Gasteiger partial charge on any atom is 0.416 e. The zero-order valence-corrected chi connectivity index (χ0v) is 15.3. The van der Waals surface area contributed by atoms with Crippen molar-refractivity contribution in [3.63, 3.8) is 0 Å². The van der Waals surface area contributed by atoms with E-state index >= 15 is 0 Å². The molecule has 1 aliphatic rings. The van der Waals surface area contributed by atoms with E-state index < -0.39 is 17.4 Å². The molecule has 1 aromatic heterocycles. The molecule has 1 fully saturated rings. The molecule has 1 aliphatic heterocycles. The van der Waals surface area contributed by atoms with Crippen LogP contribution in [0.25, 0.3) is 16.6 Å². The van der Waals surface area contributed by atoms with Crippen LogP contribution in [-0.2, 0) is 10.9 Å². The van der Waals surface area contributed by atoms with Crippen molar-refractivity contribution < 1.29 is 17.9 Å². The summed E-state index contributed by atoms with van der Waals surface area (Å²) in [6, 6.07) is 10.5. The van der Waals surface area contributed by atoms with Gasteiger partial charge in [-0.2, -0.15) is 18.2 Å². The van der Waals surface area contributed by atoms with Crippen LogP contribution in [0.5, 0.6) is 0 Å². The summed E-state index contributed by atoms with van der Waals surface area (Å²) in [4.78, 5) is 18.9. The van der Waals surface area contributed by atoms with Gasteiger partial charge >= 0.3 is 11.9 Å². The number of alkyl halides is 3. The second-order valence-electron chi connectivity index (χ2n) is 6.83. The summed E-state index contributed by atoms with van der Waals surface area (Å²) in [5.74, 6) is 0.381. The number of nitrogens with zero attached hydrogens (tertiary/aromatic N) is 3. The zero-order valence-electron chi connectivity index (χ0n) is 15.3. The number of aromatic nitrogens is 2. The van der Waals surface area contributed by atoms with Gasteiger partial charge in [0.15, 0.2) is 0 Å². The summed E-state index contributed by atoms with van der Waals surface area (Å²) in [5.41, 5.74) is 0.0322. The van der Waals surface area contributed by atoms with Gasteiger partial charge in [-0.15, -0.1) is 0 Å². The van der Waals surface area contributed by atoms with E-state index in [-0.39, 0.29) is 11.6 Å². The number of methoxy groups -OCH3 is 1. The van der Waals surface area contributed by atoms with Gasteiger partial charge in [0.1, 0.15) is 5.82 Å². The fraction of sp³-hybridized carbons (Fsp3) is 0.300. The Morgan fingerprint density at radius 3 is 2.50 bits per heavy atom. The van der Waals surface area contributed by atoms with Gasteiger partial charge in [-0.25, -0.2) is 4.79 Å². The molecule has 0 N–H and O–H groups in total. The standard InChI is InChI=1S/C20H18F3N3O2/c1-12-5-3-4-6-16(12)26-17-9-13(20(21,22)23)7-8-15(17)18(24-19(26)27)25-10-14(11-25)28-2/h3-9,14H,10-11H2,1-2H3. The molecule has 0 unspecified atom stereocenters. The maximum atomic E-state index is 13.3. The number of ether oxygens (including phenoxy) is 1. The smallest absolute Gasteiger partial charge is 0.378 e. The number of hydrogen-bond donors (Lipinski definition) is 0. The highest BCUT2D eigenvalue weighted by Gasteiger charge is 2.33. The summed E-state index contributed by atoms with van der Waals surface area (Å²) in [7, 11) is 1.60. The van der Waals surface area contributed by atoms with Crippen molar-refractivity contribution in [3.05, 3.63) is 64.1 Å². The van der Waals surface area contributed by atoms with E-state index in [1.165, 1.54) is 10.6 Å². The molecule has 0 bridgehead atoms. The lowest BCUT2D eigenvalue weighted by Gasteiger charge is -2.39. The number of hydrogen-bond acceptors (Lipinski definition) is 4. The summed E-state index contributed by atoms with van der Waals surface area (Å²) < 4.78 is 46.5. The number of benzene rings is 2. The fourth-order valence-electron chi connectivity index (χ4n) is 3.43. The first-order chi connectivity index (χ1) is 13.3. The number of anilines is 1. The van der Waals surface area contributed by atoms with E-state index in [0.29, 0.717) is 30.0 Å². The van der Waals surface area contributed by atoms with E-state index in [4.69, 9.17) is 4.74 Å². The highest BCUT2D eigenvalue weighted by Crippen LogP contribution is 2.35. The Balaban J connectivity index is 2.00. The predicted octanol–water partition coefficient (Wildman–Crippen LogP) is 3.55. The molecule has 2 aromatic carbocycles. The average Bonchev–Trinajstić information content (AvgIpc) is 2.61. The van der Waals surface area contributed by atoms with Crippen molar-refractivity contribution >= 4 is 16.7 Å². The first-order valence-electron chi connectivity index (χ1n) is 8.77. The molecular formula is C20H18F3N3O2. The molecule has 0 spiro atoms. The molecule has 28 heavy (non-hydrogen) atoms. The Morgan fingerprint density at radius 1 is 1.14 bits per heavy atom. The average molecular weight is 389 g/mol. The van der Waals surface area contributed by atoms with Crippen LogP contribution < -0.4 is 10.6 Å². The second-order valence-corrected chi connectivity index (χ2v) is 6.83. The molecule has 2 heterocycles. The first kappa shape index (κ1) is 18.5.